The van der Waals surface area contributed by atoms with Gasteiger partial charge in [0.1, 0.15) is 9.64 Å². The van der Waals surface area contributed by atoms with Crippen LogP contribution in [0.25, 0.3) is 11.1 Å². The zero-order chi connectivity index (χ0) is 50.3. The molecule has 2 saturated heterocycles. The zero-order valence-electron chi connectivity index (χ0n) is 39.0. The smallest absolute Gasteiger partial charge is 0.501 e. The number of piperidine rings is 1. The highest BCUT2D eigenvalue weighted by atomic mass is 35.5. The molecule has 5 aromatic carbocycles. The van der Waals surface area contributed by atoms with E-state index in [0.29, 0.717) is 69.2 Å². The fraction of sp³-hybridized carbons (Fsp3) is 0.380. The highest BCUT2D eigenvalue weighted by Gasteiger charge is 2.48. The van der Waals surface area contributed by atoms with Crippen molar-refractivity contribution in [2.75, 3.05) is 61.9 Å². The topological polar surface area (TPSA) is 160 Å². The lowest BCUT2D eigenvalue weighted by Gasteiger charge is -2.39. The van der Waals surface area contributed by atoms with E-state index < -0.39 is 68.9 Å². The Morgan fingerprint density at radius 3 is 2.14 bits per heavy atom. The number of ether oxygens (including phenoxy) is 1. The summed E-state index contributed by atoms with van der Waals surface area (Å²) in [6.45, 7) is 9.99. The number of nitrogens with one attached hydrogen (secondary N) is 3. The number of benzene rings is 5. The summed E-state index contributed by atoms with van der Waals surface area (Å²) in [7, 11) is -11.0. The van der Waals surface area contributed by atoms with Crippen LogP contribution in [0.4, 0.5) is 24.5 Å². The van der Waals surface area contributed by atoms with Gasteiger partial charge in [0.05, 0.1) is 29.8 Å². The molecule has 2 fully saturated rings. The lowest BCUT2D eigenvalue weighted by atomic mass is 9.83. The highest BCUT2D eigenvalue weighted by Crippen LogP contribution is 2.40. The van der Waals surface area contributed by atoms with Crippen LogP contribution in [0.5, 0.6) is 0 Å². The van der Waals surface area contributed by atoms with E-state index in [9.17, 15) is 39.4 Å². The Morgan fingerprint density at radius 2 is 1.50 bits per heavy atom. The van der Waals surface area contributed by atoms with Gasteiger partial charge in [-0.2, -0.15) is 13.2 Å². The van der Waals surface area contributed by atoms with Crippen LogP contribution in [0.3, 0.4) is 0 Å². The first-order valence-electron chi connectivity index (χ1n) is 22.8. The number of carbonyl (C=O) groups excluding carboxylic acids is 1. The van der Waals surface area contributed by atoms with Crippen LogP contribution >= 0.6 is 23.4 Å². The van der Waals surface area contributed by atoms with E-state index >= 15 is 0 Å². The fourth-order valence-electron chi connectivity index (χ4n) is 8.35. The van der Waals surface area contributed by atoms with Crippen LogP contribution in [-0.4, -0.2) is 100 Å². The molecule has 1 unspecified atom stereocenters. The third-order valence-corrected chi connectivity index (χ3v) is 18.1. The summed E-state index contributed by atoms with van der Waals surface area (Å²) in [4.78, 5) is 16.5. The molecule has 2 aliphatic heterocycles. The standard InChI is InChI=1S/C50H57ClF3N5O7S4/c1-49(2,3)68(61)56-47(44-12-8-7-11-43(44)35-13-17-38(51)18-14-35)36-23-27-59(28-24-36)40-19-15-37(16-20-40)48(60)57-70(64,65)42-21-22-45(46(33-42)69(62,63)50(52,53)54)55-39(25-26-58-29-31-66-32-30-58)34-67-41-9-5-4-6-10-41/h4-22,33,36,39,47,55-56H,23-32,34H2,1-3H3,(H,57,60)/t39-,47-,68?/m1/s1. The van der Waals surface area contributed by atoms with Gasteiger partial charge in [0.25, 0.3) is 25.8 Å². The molecule has 7 rings (SSSR count). The SMILES string of the molecule is CC(C)(C)[S+]([O-])N[C@@H](c1ccccc1-c1ccc(Cl)cc1)C1CCN(c2ccc(C(=O)NS(=O)(=O)c3ccc(N[C@H](CCN4CCOCC4)CSc4ccccc4)c(S(=O)(=O)C(F)(F)F)c3)cc2)CC1. The lowest BCUT2D eigenvalue weighted by molar-refractivity contribution is -0.0435. The molecule has 70 heavy (non-hydrogen) atoms. The number of carbonyl (C=O) groups is 1. The Bertz CT molecular complexity index is 2770. The molecular weight excluding hydrogens is 1000 g/mol. The lowest BCUT2D eigenvalue weighted by Crippen LogP contribution is -2.45. The zero-order valence-corrected chi connectivity index (χ0v) is 43.0. The van der Waals surface area contributed by atoms with Crippen molar-refractivity contribution in [2.45, 2.75) is 77.1 Å². The van der Waals surface area contributed by atoms with Gasteiger partial charge in [-0.1, -0.05) is 66.2 Å². The monoisotopic (exact) mass is 1060 g/mol. The minimum atomic E-state index is -6.08. The molecule has 3 atom stereocenters. The van der Waals surface area contributed by atoms with E-state index in [0.717, 1.165) is 52.2 Å². The molecule has 2 heterocycles. The van der Waals surface area contributed by atoms with E-state index in [2.05, 4.69) is 25.9 Å². The number of anilines is 2. The Balaban J connectivity index is 1.05. The first-order valence-corrected chi connectivity index (χ1v) is 28.3. The predicted octanol–water partition coefficient (Wildman–Crippen LogP) is 9.72. The van der Waals surface area contributed by atoms with E-state index in [4.69, 9.17) is 16.3 Å². The molecule has 12 nitrogen and oxygen atoms in total. The molecule has 0 spiro atoms. The number of amides is 1. The van der Waals surface area contributed by atoms with Gasteiger partial charge < -0.3 is 19.5 Å². The number of hydrogen-bond donors (Lipinski definition) is 3. The second-order valence-corrected chi connectivity index (χ2v) is 25.3. The Kier molecular flexibility index (Phi) is 17.6. The summed E-state index contributed by atoms with van der Waals surface area (Å²) in [5.74, 6) is -0.607. The van der Waals surface area contributed by atoms with E-state index in [1.54, 1.807) is 12.1 Å². The van der Waals surface area contributed by atoms with E-state index in [1.165, 1.54) is 23.9 Å². The summed E-state index contributed by atoms with van der Waals surface area (Å²) >= 11 is 6.28. The summed E-state index contributed by atoms with van der Waals surface area (Å²) in [5, 5.41) is 3.61. The third kappa shape index (κ3) is 13.6. The molecule has 376 valence electrons. The van der Waals surface area contributed by atoms with Crippen molar-refractivity contribution in [3.05, 3.63) is 137 Å². The quantitative estimate of drug-likeness (QED) is 0.0564. The van der Waals surface area contributed by atoms with Gasteiger partial charge in [0, 0.05) is 77.0 Å². The first kappa shape index (κ1) is 53.5. The van der Waals surface area contributed by atoms with Crippen LogP contribution in [0.15, 0.2) is 136 Å². The number of halogens is 4. The van der Waals surface area contributed by atoms with Crippen molar-refractivity contribution >= 4 is 71.9 Å². The van der Waals surface area contributed by atoms with Gasteiger partial charge in [0.2, 0.25) is 0 Å². The normalized spacial score (nSPS) is 16.9. The molecule has 20 heteroatoms. The predicted molar refractivity (Wildman–Crippen MR) is 273 cm³/mol. The molecule has 5 aromatic rings. The number of thioether (sulfide) groups is 1. The van der Waals surface area contributed by atoms with Crippen LogP contribution in [-0.2, 0) is 36.0 Å². The molecule has 2 aliphatic rings. The molecule has 0 aromatic heterocycles. The van der Waals surface area contributed by atoms with Gasteiger partial charge in [-0.15, -0.1) is 16.5 Å². The van der Waals surface area contributed by atoms with Crippen molar-refractivity contribution in [3.63, 3.8) is 0 Å². The maximum absolute atomic E-state index is 14.2. The summed E-state index contributed by atoms with van der Waals surface area (Å²) in [5.41, 5.74) is -2.43. The van der Waals surface area contributed by atoms with Crippen molar-refractivity contribution in [1.82, 2.24) is 14.3 Å². The third-order valence-electron chi connectivity index (χ3n) is 12.3. The number of nitrogens with zero attached hydrogens (tertiary/aromatic N) is 2. The number of rotatable bonds is 18. The number of morpholine rings is 1. The van der Waals surface area contributed by atoms with Crippen LogP contribution < -0.4 is 19.7 Å². The van der Waals surface area contributed by atoms with Crippen LogP contribution in [0.1, 0.15) is 62.0 Å². The Morgan fingerprint density at radius 1 is 0.857 bits per heavy atom. The van der Waals surface area contributed by atoms with Crippen molar-refractivity contribution in [1.29, 1.82) is 0 Å². The molecule has 3 N–H and O–H groups in total. The minimum Gasteiger partial charge on any atom is -0.598 e. The van der Waals surface area contributed by atoms with Gasteiger partial charge in [-0.3, -0.25) is 9.69 Å². The van der Waals surface area contributed by atoms with Crippen LogP contribution in [0.2, 0.25) is 5.02 Å². The molecular formula is C50H57ClF3N5O7S4. The molecule has 0 aliphatic carbocycles. The second kappa shape index (κ2) is 23.1. The molecule has 0 saturated carbocycles. The minimum absolute atomic E-state index is 0.0459. The maximum Gasteiger partial charge on any atom is 0.501 e. The summed E-state index contributed by atoms with van der Waals surface area (Å²) in [6, 6.07) is 32.9. The van der Waals surface area contributed by atoms with Gasteiger partial charge in [-0.05, 0) is 129 Å². The molecule has 0 radical (unpaired) electrons. The van der Waals surface area contributed by atoms with Crippen LogP contribution in [0, 0.1) is 5.92 Å². The van der Waals surface area contributed by atoms with Gasteiger partial charge >= 0.3 is 5.51 Å². The molecule has 0 bridgehead atoms. The highest BCUT2D eigenvalue weighted by molar-refractivity contribution is 7.99. The molecule has 1 amide bonds. The van der Waals surface area contributed by atoms with Gasteiger partial charge in [-0.25, -0.2) is 21.6 Å². The van der Waals surface area contributed by atoms with E-state index in [1.807, 2.05) is 98.3 Å². The number of sulfone groups is 1. The Labute approximate surface area is 421 Å². The van der Waals surface area contributed by atoms with Gasteiger partial charge in [0.15, 0.2) is 0 Å². The average molecular weight is 1060 g/mol. The van der Waals surface area contributed by atoms with E-state index in [-0.39, 0.29) is 17.5 Å². The number of sulfonamides is 1. The average Bonchev–Trinajstić information content (AvgIpc) is 3.34. The number of alkyl halides is 3. The second-order valence-electron chi connectivity index (χ2n) is 18.2. The maximum atomic E-state index is 14.2. The summed E-state index contributed by atoms with van der Waals surface area (Å²) in [6.07, 6.45) is 1.89. The van der Waals surface area contributed by atoms with Crippen molar-refractivity contribution < 1.29 is 44.1 Å². The number of hydrogen-bond acceptors (Lipinski definition) is 12. The Hall–Kier alpha value is -4.31. The first-order chi connectivity index (χ1) is 33.2. The summed E-state index contributed by atoms with van der Waals surface area (Å²) < 4.78 is 120. The fourth-order valence-corrected chi connectivity index (χ4v) is 12.4. The van der Waals surface area contributed by atoms with Crippen molar-refractivity contribution in [3.8, 4) is 11.1 Å². The largest absolute Gasteiger partial charge is 0.598 e. The van der Waals surface area contributed by atoms with Crippen molar-refractivity contribution in [2.24, 2.45) is 5.92 Å².